The molecule has 1 fully saturated rings. The molecular formula is C25H24N6O4. The van der Waals surface area contributed by atoms with Crippen molar-refractivity contribution in [3.63, 3.8) is 0 Å². The van der Waals surface area contributed by atoms with E-state index in [4.69, 9.17) is 9.94 Å². The van der Waals surface area contributed by atoms with Gasteiger partial charge in [0.15, 0.2) is 0 Å². The smallest absolute Gasteiger partial charge is 0.356 e. The number of hydroxylamine groups is 1. The fourth-order valence-corrected chi connectivity index (χ4v) is 4.19. The molecule has 3 heterocycles. The van der Waals surface area contributed by atoms with Crippen LogP contribution in [-0.2, 0) is 9.53 Å². The number of nitrogens with zero attached hydrogens (tertiary/aromatic N) is 4. The summed E-state index contributed by atoms with van der Waals surface area (Å²) in [6, 6.07) is 18.2. The average molecular weight is 473 g/mol. The SMILES string of the molecule is O=C1OCC(Nc2cccc(-c3ccccc3)c2)=C1N1CCN(c2ncc(C(=O)NO)cn2)CC1. The van der Waals surface area contributed by atoms with Crippen molar-refractivity contribution in [3.8, 4) is 11.1 Å². The van der Waals surface area contributed by atoms with Crippen LogP contribution in [0.5, 0.6) is 0 Å². The largest absolute Gasteiger partial charge is 0.454 e. The van der Waals surface area contributed by atoms with Gasteiger partial charge in [-0.05, 0) is 23.3 Å². The van der Waals surface area contributed by atoms with E-state index >= 15 is 0 Å². The van der Waals surface area contributed by atoms with Crippen LogP contribution in [0.1, 0.15) is 10.4 Å². The number of nitrogens with one attached hydrogen (secondary N) is 2. The van der Waals surface area contributed by atoms with E-state index in [1.807, 2.05) is 40.1 Å². The number of rotatable bonds is 6. The molecule has 0 aliphatic carbocycles. The minimum absolute atomic E-state index is 0.167. The third kappa shape index (κ3) is 4.78. The van der Waals surface area contributed by atoms with Crippen LogP contribution in [0.25, 0.3) is 11.1 Å². The molecular weight excluding hydrogens is 448 g/mol. The lowest BCUT2D eigenvalue weighted by Crippen LogP contribution is -2.47. The summed E-state index contributed by atoms with van der Waals surface area (Å²) in [6.07, 6.45) is 2.73. The predicted molar refractivity (Wildman–Crippen MR) is 129 cm³/mol. The van der Waals surface area contributed by atoms with E-state index in [1.54, 1.807) is 5.48 Å². The fraction of sp³-hybridized carbons (Fsp3) is 0.200. The number of ether oxygens (including phenoxy) is 1. The number of anilines is 2. The molecule has 1 amide bonds. The summed E-state index contributed by atoms with van der Waals surface area (Å²) in [6.45, 7) is 2.56. The van der Waals surface area contributed by atoms with Crippen molar-refractivity contribution in [2.24, 2.45) is 0 Å². The Bertz CT molecular complexity index is 1250. The molecule has 2 aliphatic rings. The molecule has 10 heteroatoms. The zero-order chi connectivity index (χ0) is 24.2. The molecule has 0 radical (unpaired) electrons. The van der Waals surface area contributed by atoms with Gasteiger partial charge in [-0.15, -0.1) is 0 Å². The fourth-order valence-electron chi connectivity index (χ4n) is 4.19. The lowest BCUT2D eigenvalue weighted by molar-refractivity contribution is -0.137. The molecule has 35 heavy (non-hydrogen) atoms. The Morgan fingerprint density at radius 1 is 0.914 bits per heavy atom. The molecule has 3 N–H and O–H groups in total. The second-order valence-electron chi connectivity index (χ2n) is 8.16. The standard InChI is InChI=1S/C25H24N6O4/c32-23(29-34)19-14-26-25(27-15-19)31-11-9-30(10-12-31)22-21(16-35-24(22)33)28-20-8-4-7-18(13-20)17-5-2-1-3-6-17/h1-8,13-15,28,34H,9-12,16H2,(H,29,32). The van der Waals surface area contributed by atoms with Gasteiger partial charge in [0.25, 0.3) is 5.91 Å². The first-order chi connectivity index (χ1) is 17.1. The Hall–Kier alpha value is -4.44. The molecule has 0 saturated carbocycles. The molecule has 0 spiro atoms. The maximum atomic E-state index is 12.6. The normalized spacial score (nSPS) is 15.7. The molecule has 178 valence electrons. The number of amides is 1. The van der Waals surface area contributed by atoms with Crippen LogP contribution in [0.3, 0.4) is 0 Å². The van der Waals surface area contributed by atoms with Crippen LogP contribution in [0, 0.1) is 0 Å². The molecule has 5 rings (SSSR count). The summed E-state index contributed by atoms with van der Waals surface area (Å²) in [4.78, 5) is 36.5. The lowest BCUT2D eigenvalue weighted by Gasteiger charge is -2.36. The van der Waals surface area contributed by atoms with Crippen molar-refractivity contribution < 1.29 is 19.5 Å². The molecule has 1 aromatic heterocycles. The van der Waals surface area contributed by atoms with Crippen molar-refractivity contribution in [2.75, 3.05) is 43.0 Å². The zero-order valence-corrected chi connectivity index (χ0v) is 18.8. The quantitative estimate of drug-likeness (QED) is 0.282. The monoisotopic (exact) mass is 472 g/mol. The Morgan fingerprint density at radius 2 is 1.60 bits per heavy atom. The highest BCUT2D eigenvalue weighted by atomic mass is 16.5. The van der Waals surface area contributed by atoms with Gasteiger partial charge in [-0.1, -0.05) is 42.5 Å². The summed E-state index contributed by atoms with van der Waals surface area (Å²) >= 11 is 0. The van der Waals surface area contributed by atoms with E-state index in [0.29, 0.717) is 37.8 Å². The van der Waals surface area contributed by atoms with Gasteiger partial charge in [-0.25, -0.2) is 20.2 Å². The topological polar surface area (TPSA) is 120 Å². The second-order valence-corrected chi connectivity index (χ2v) is 8.16. The summed E-state index contributed by atoms with van der Waals surface area (Å²) < 4.78 is 5.36. The number of benzene rings is 2. The Morgan fingerprint density at radius 3 is 2.31 bits per heavy atom. The number of cyclic esters (lactones) is 1. The van der Waals surface area contributed by atoms with Gasteiger partial charge in [-0.2, -0.15) is 0 Å². The number of hydrogen-bond acceptors (Lipinski definition) is 9. The van der Waals surface area contributed by atoms with Gasteiger partial charge in [0.1, 0.15) is 12.3 Å². The Kier molecular flexibility index (Phi) is 6.27. The first-order valence-electron chi connectivity index (χ1n) is 11.2. The Balaban J connectivity index is 1.28. The number of esters is 1. The molecule has 10 nitrogen and oxygen atoms in total. The third-order valence-electron chi connectivity index (χ3n) is 5.97. The molecule has 0 unspecified atom stereocenters. The molecule has 0 bridgehead atoms. The first-order valence-corrected chi connectivity index (χ1v) is 11.2. The summed E-state index contributed by atoms with van der Waals surface area (Å²) in [7, 11) is 0. The highest BCUT2D eigenvalue weighted by Gasteiger charge is 2.32. The van der Waals surface area contributed by atoms with Crippen molar-refractivity contribution >= 4 is 23.5 Å². The van der Waals surface area contributed by atoms with Crippen LogP contribution in [-0.4, -0.2) is 64.7 Å². The van der Waals surface area contributed by atoms with Gasteiger partial charge in [0, 0.05) is 44.3 Å². The first kappa shape index (κ1) is 22.4. The number of carbonyl (C=O) groups excluding carboxylic acids is 2. The van der Waals surface area contributed by atoms with E-state index in [9.17, 15) is 9.59 Å². The summed E-state index contributed by atoms with van der Waals surface area (Å²) in [5.74, 6) is -0.517. The molecule has 3 aromatic rings. The molecule has 2 aromatic carbocycles. The third-order valence-corrected chi connectivity index (χ3v) is 5.97. The minimum Gasteiger partial charge on any atom is -0.454 e. The summed E-state index contributed by atoms with van der Waals surface area (Å²) in [5.41, 5.74) is 6.10. The van der Waals surface area contributed by atoms with Gasteiger partial charge >= 0.3 is 5.97 Å². The predicted octanol–water partition coefficient (Wildman–Crippen LogP) is 2.27. The number of piperazine rings is 1. The minimum atomic E-state index is -0.664. The van der Waals surface area contributed by atoms with E-state index < -0.39 is 5.91 Å². The maximum absolute atomic E-state index is 12.6. The molecule has 0 atom stereocenters. The highest BCUT2D eigenvalue weighted by Crippen LogP contribution is 2.27. The van der Waals surface area contributed by atoms with Crippen LogP contribution in [0.2, 0.25) is 0 Å². The molecule has 1 saturated heterocycles. The van der Waals surface area contributed by atoms with Gasteiger partial charge < -0.3 is 19.9 Å². The van der Waals surface area contributed by atoms with E-state index in [0.717, 1.165) is 22.5 Å². The average Bonchev–Trinajstić information content (AvgIpc) is 3.28. The maximum Gasteiger partial charge on any atom is 0.356 e. The lowest BCUT2D eigenvalue weighted by atomic mass is 10.1. The van der Waals surface area contributed by atoms with Gasteiger partial charge in [0.05, 0.1) is 11.3 Å². The number of hydrogen-bond donors (Lipinski definition) is 3. The van der Waals surface area contributed by atoms with Crippen molar-refractivity contribution in [1.29, 1.82) is 0 Å². The van der Waals surface area contributed by atoms with Gasteiger partial charge in [0.2, 0.25) is 5.95 Å². The highest BCUT2D eigenvalue weighted by molar-refractivity contribution is 5.93. The van der Waals surface area contributed by atoms with Crippen molar-refractivity contribution in [1.82, 2.24) is 20.3 Å². The van der Waals surface area contributed by atoms with Crippen molar-refractivity contribution in [2.45, 2.75) is 0 Å². The van der Waals surface area contributed by atoms with E-state index in [1.165, 1.54) is 12.4 Å². The van der Waals surface area contributed by atoms with Crippen LogP contribution < -0.4 is 15.7 Å². The van der Waals surface area contributed by atoms with E-state index in [-0.39, 0.29) is 18.1 Å². The van der Waals surface area contributed by atoms with Crippen LogP contribution in [0.4, 0.5) is 11.6 Å². The van der Waals surface area contributed by atoms with Gasteiger partial charge in [-0.3, -0.25) is 10.0 Å². The number of aromatic nitrogens is 2. The van der Waals surface area contributed by atoms with E-state index in [2.05, 4.69) is 39.6 Å². The zero-order valence-electron chi connectivity index (χ0n) is 18.8. The second kappa shape index (κ2) is 9.82. The Labute approximate surface area is 201 Å². The summed E-state index contributed by atoms with van der Waals surface area (Å²) in [5, 5.41) is 12.1. The van der Waals surface area contributed by atoms with Crippen LogP contribution in [0.15, 0.2) is 78.4 Å². The van der Waals surface area contributed by atoms with Crippen molar-refractivity contribution in [3.05, 3.63) is 83.9 Å². The number of carbonyl (C=O) groups is 2. The molecule has 2 aliphatic heterocycles. The van der Waals surface area contributed by atoms with Crippen LogP contribution >= 0.6 is 0 Å².